The molecule has 0 unspecified atom stereocenters. The summed E-state index contributed by atoms with van der Waals surface area (Å²) in [5, 5.41) is 16.8. The third-order valence-corrected chi connectivity index (χ3v) is 9.06. The number of alkyl halides is 2. The lowest BCUT2D eigenvalue weighted by molar-refractivity contribution is 0.149. The van der Waals surface area contributed by atoms with E-state index in [2.05, 4.69) is 25.5 Å². The highest BCUT2D eigenvalue weighted by Gasteiger charge is 2.26. The number of aromatic nitrogens is 5. The Kier molecular flexibility index (Phi) is 8.02. The number of sulfonamides is 2. The Morgan fingerprint density at radius 3 is 2.43 bits per heavy atom. The van der Waals surface area contributed by atoms with Gasteiger partial charge in [0.2, 0.25) is 26.0 Å². The van der Waals surface area contributed by atoms with Crippen molar-refractivity contribution >= 4 is 37.0 Å². The van der Waals surface area contributed by atoms with Crippen LogP contribution in [0, 0.1) is 0 Å². The van der Waals surface area contributed by atoms with E-state index in [1.54, 1.807) is 12.1 Å². The van der Waals surface area contributed by atoms with Crippen molar-refractivity contribution in [2.24, 2.45) is 5.14 Å². The van der Waals surface area contributed by atoms with Crippen LogP contribution in [0.15, 0.2) is 58.4 Å². The number of fused-ring (bicyclic) bond motifs is 1. The number of pyridine rings is 1. The van der Waals surface area contributed by atoms with Crippen LogP contribution in [0.25, 0.3) is 22.3 Å². The van der Waals surface area contributed by atoms with Crippen LogP contribution in [-0.2, 0) is 26.6 Å². The molecule has 13 nitrogen and oxygen atoms in total. The van der Waals surface area contributed by atoms with Crippen LogP contribution in [0.1, 0.15) is 30.5 Å². The van der Waals surface area contributed by atoms with Crippen LogP contribution in [0.5, 0.6) is 0 Å². The first kappa shape index (κ1) is 29.6. The lowest BCUT2D eigenvalue weighted by Gasteiger charge is -2.30. The van der Waals surface area contributed by atoms with Crippen molar-refractivity contribution in [3.63, 3.8) is 0 Å². The number of rotatable bonds is 8. The normalized spacial score (nSPS) is 15.4. The summed E-state index contributed by atoms with van der Waals surface area (Å²) in [4.78, 5) is 21.7. The molecular formula is C25H26F2N8O5S2. The summed E-state index contributed by atoms with van der Waals surface area (Å²) in [7, 11) is -7.23. The Bertz CT molecular complexity index is 1910. The molecule has 1 aliphatic rings. The third kappa shape index (κ3) is 6.43. The molecule has 0 radical (unpaired) electrons. The van der Waals surface area contributed by atoms with Crippen molar-refractivity contribution in [2.45, 2.75) is 36.7 Å². The number of benzene rings is 1. The van der Waals surface area contributed by atoms with Crippen LogP contribution in [-0.4, -0.2) is 71.3 Å². The first-order valence-corrected chi connectivity index (χ1v) is 16.1. The molecule has 4 aromatic rings. The van der Waals surface area contributed by atoms with Gasteiger partial charge in [0.05, 0.1) is 34.6 Å². The number of nitrogens with two attached hydrogens (primary N) is 1. The van der Waals surface area contributed by atoms with Gasteiger partial charge < -0.3 is 5.32 Å². The van der Waals surface area contributed by atoms with Crippen LogP contribution >= 0.6 is 0 Å². The molecule has 3 aromatic heterocycles. The molecule has 1 aliphatic heterocycles. The van der Waals surface area contributed by atoms with Gasteiger partial charge in [0, 0.05) is 36.3 Å². The summed E-state index contributed by atoms with van der Waals surface area (Å²) in [5.41, 5.74) is -0.536. The highest BCUT2D eigenvalue weighted by molar-refractivity contribution is 7.89. The van der Waals surface area contributed by atoms with Gasteiger partial charge in [-0.2, -0.15) is 15.2 Å². The second kappa shape index (κ2) is 11.4. The summed E-state index contributed by atoms with van der Waals surface area (Å²) < 4.78 is 76.9. The second-order valence-electron chi connectivity index (χ2n) is 9.83. The van der Waals surface area contributed by atoms with Gasteiger partial charge in [-0.15, -0.1) is 0 Å². The molecule has 0 saturated carbocycles. The van der Waals surface area contributed by atoms with E-state index < -0.39 is 37.6 Å². The molecule has 42 heavy (non-hydrogen) atoms. The summed E-state index contributed by atoms with van der Waals surface area (Å²) in [6.45, 7) is 0.421. The van der Waals surface area contributed by atoms with Gasteiger partial charge in [-0.1, -0.05) is 12.1 Å². The smallest absolute Gasteiger partial charge is 0.269 e. The van der Waals surface area contributed by atoms with Crippen LogP contribution in [0.3, 0.4) is 0 Å². The number of anilines is 1. The van der Waals surface area contributed by atoms with E-state index in [9.17, 15) is 30.4 Å². The third-order valence-electron chi connectivity index (χ3n) is 6.84. The zero-order valence-corrected chi connectivity index (χ0v) is 23.8. The van der Waals surface area contributed by atoms with Crippen molar-refractivity contribution in [3.05, 3.63) is 70.3 Å². The van der Waals surface area contributed by atoms with Gasteiger partial charge in [-0.05, 0) is 43.2 Å². The van der Waals surface area contributed by atoms with Gasteiger partial charge >= 0.3 is 0 Å². The van der Waals surface area contributed by atoms with Crippen molar-refractivity contribution in [2.75, 3.05) is 24.7 Å². The Morgan fingerprint density at radius 1 is 1.07 bits per heavy atom. The Labute approximate surface area is 239 Å². The van der Waals surface area contributed by atoms with Crippen LogP contribution < -0.4 is 16.0 Å². The Morgan fingerprint density at radius 2 is 1.81 bits per heavy atom. The molecule has 0 spiro atoms. The van der Waals surface area contributed by atoms with Crippen molar-refractivity contribution in [1.82, 2.24) is 29.0 Å². The molecule has 0 atom stereocenters. The quantitative estimate of drug-likeness (QED) is 0.294. The number of halogens is 2. The van der Waals surface area contributed by atoms with E-state index in [0.29, 0.717) is 37.2 Å². The number of nitrogens with zero attached hydrogens (tertiary/aromatic N) is 6. The zero-order chi connectivity index (χ0) is 30.2. The van der Waals surface area contributed by atoms with E-state index >= 15 is 0 Å². The average molecular weight is 621 g/mol. The lowest BCUT2D eigenvalue weighted by atomic mass is 10.1. The SMILES string of the molecule is CS(=O)(=O)N1CCC(Nc2ncc3cc(C(F)F)c(=O)n(Cc4ccc(-c5cccc(S(N)(=O)=O)c5)nn4)c3n2)CC1. The van der Waals surface area contributed by atoms with E-state index in [0.717, 1.165) is 16.9 Å². The highest BCUT2D eigenvalue weighted by Crippen LogP contribution is 2.23. The number of hydrogen-bond donors (Lipinski definition) is 2. The maximum atomic E-state index is 13.7. The lowest BCUT2D eigenvalue weighted by Crippen LogP contribution is -2.42. The monoisotopic (exact) mass is 620 g/mol. The van der Waals surface area contributed by atoms with E-state index in [1.807, 2.05) is 0 Å². The standard InChI is InChI=1S/C25H26F2N8O5S2/c1-41(37,38)34-9-7-17(8-10-34)30-25-29-13-16-12-20(22(26)27)24(36)35(23(16)31-25)14-18-5-6-21(33-32-18)15-3-2-4-19(11-15)42(28,39)40/h2-6,11-13,17,22H,7-10,14H2,1H3,(H2,28,39,40)(H,29,30,31). The second-order valence-corrected chi connectivity index (χ2v) is 13.4. The first-order valence-electron chi connectivity index (χ1n) is 12.7. The maximum Gasteiger partial charge on any atom is 0.269 e. The molecule has 17 heteroatoms. The van der Waals surface area contributed by atoms with Gasteiger partial charge in [0.1, 0.15) is 5.65 Å². The Balaban J connectivity index is 1.44. The summed E-state index contributed by atoms with van der Waals surface area (Å²) in [6.07, 6.45) is 0.474. The molecule has 0 amide bonds. The molecule has 1 aromatic carbocycles. The fraction of sp³-hybridized carbons (Fsp3) is 0.320. The van der Waals surface area contributed by atoms with Gasteiger partial charge in [0.15, 0.2) is 0 Å². The Hall–Kier alpha value is -3.93. The molecule has 5 rings (SSSR count). The number of piperidine rings is 1. The predicted octanol–water partition coefficient (Wildman–Crippen LogP) is 1.72. The maximum absolute atomic E-state index is 13.7. The summed E-state index contributed by atoms with van der Waals surface area (Å²) in [6, 6.07) is 9.84. The predicted molar refractivity (Wildman–Crippen MR) is 150 cm³/mol. The minimum absolute atomic E-state index is 0.0993. The van der Waals surface area contributed by atoms with Gasteiger partial charge in [-0.25, -0.2) is 40.0 Å². The topological polar surface area (TPSA) is 183 Å². The van der Waals surface area contributed by atoms with Crippen molar-refractivity contribution in [3.8, 4) is 11.3 Å². The summed E-state index contributed by atoms with van der Waals surface area (Å²) >= 11 is 0. The molecule has 222 valence electrons. The first-order chi connectivity index (χ1) is 19.8. The summed E-state index contributed by atoms with van der Waals surface area (Å²) in [5.74, 6) is 0.162. The molecular weight excluding hydrogens is 594 g/mol. The molecule has 4 heterocycles. The van der Waals surface area contributed by atoms with E-state index in [4.69, 9.17) is 5.14 Å². The molecule has 1 fully saturated rings. The highest BCUT2D eigenvalue weighted by atomic mass is 32.2. The van der Waals surface area contributed by atoms with E-state index in [-0.39, 0.29) is 40.2 Å². The minimum Gasteiger partial charge on any atom is -0.351 e. The van der Waals surface area contributed by atoms with Crippen LogP contribution in [0.4, 0.5) is 14.7 Å². The fourth-order valence-electron chi connectivity index (χ4n) is 4.66. The van der Waals surface area contributed by atoms with Crippen molar-refractivity contribution < 1.29 is 25.6 Å². The molecule has 3 N–H and O–H groups in total. The molecule has 1 saturated heterocycles. The van der Waals surface area contributed by atoms with E-state index in [1.165, 1.54) is 34.8 Å². The van der Waals surface area contributed by atoms with Gasteiger partial charge in [-0.3, -0.25) is 9.36 Å². The average Bonchev–Trinajstić information content (AvgIpc) is 2.94. The molecule has 0 aliphatic carbocycles. The number of nitrogens with one attached hydrogen (secondary N) is 1. The zero-order valence-electron chi connectivity index (χ0n) is 22.2. The minimum atomic E-state index is -3.93. The molecule has 0 bridgehead atoms. The van der Waals surface area contributed by atoms with Gasteiger partial charge in [0.25, 0.3) is 12.0 Å². The van der Waals surface area contributed by atoms with Crippen LogP contribution in [0.2, 0.25) is 0 Å². The van der Waals surface area contributed by atoms with Crippen molar-refractivity contribution in [1.29, 1.82) is 0 Å². The number of primary sulfonamides is 1. The fourth-order valence-corrected chi connectivity index (χ4v) is 6.09. The largest absolute Gasteiger partial charge is 0.351 e. The number of hydrogen-bond acceptors (Lipinski definition) is 10.